The molecule has 0 radical (unpaired) electrons. The van der Waals surface area contributed by atoms with E-state index in [-0.39, 0.29) is 17.5 Å². The Morgan fingerprint density at radius 3 is 2.71 bits per heavy atom. The molecule has 0 amide bonds. The highest BCUT2D eigenvalue weighted by Gasteiger charge is 2.23. The molecule has 0 aromatic carbocycles. The summed E-state index contributed by atoms with van der Waals surface area (Å²) in [5, 5.41) is 17.3. The Morgan fingerprint density at radius 2 is 2.14 bits per heavy atom. The van der Waals surface area contributed by atoms with E-state index in [1.165, 1.54) is 0 Å². The first-order chi connectivity index (χ1) is 9.99. The molecule has 0 saturated carbocycles. The van der Waals surface area contributed by atoms with Crippen LogP contribution in [0.3, 0.4) is 0 Å². The second-order valence-corrected chi connectivity index (χ2v) is 4.84. The second kappa shape index (κ2) is 8.35. The number of aromatic nitrogens is 2. The number of rotatable bonds is 9. The molecule has 2 N–H and O–H groups in total. The van der Waals surface area contributed by atoms with Crippen molar-refractivity contribution in [2.75, 3.05) is 30.9 Å². The maximum absolute atomic E-state index is 11.2. The van der Waals surface area contributed by atoms with Crippen molar-refractivity contribution in [2.24, 2.45) is 0 Å². The fourth-order valence-electron chi connectivity index (χ4n) is 1.80. The van der Waals surface area contributed by atoms with Gasteiger partial charge in [0, 0.05) is 26.3 Å². The lowest BCUT2D eigenvalue weighted by molar-refractivity contribution is -0.385. The van der Waals surface area contributed by atoms with Crippen LogP contribution in [0.1, 0.15) is 32.4 Å². The van der Waals surface area contributed by atoms with Gasteiger partial charge in [0.05, 0.1) is 4.92 Å². The molecule has 8 heteroatoms. The lowest BCUT2D eigenvalue weighted by Gasteiger charge is -2.15. The molecule has 0 aliphatic rings. The fraction of sp³-hybridized carbons (Fsp3) is 0.692. The van der Waals surface area contributed by atoms with Gasteiger partial charge in [-0.1, -0.05) is 6.92 Å². The molecule has 21 heavy (non-hydrogen) atoms. The SMILES string of the molecule is CCCNc1nc(C)c([N+](=O)[O-])c(NC(C)CCOC)n1. The first kappa shape index (κ1) is 17.1. The van der Waals surface area contributed by atoms with Gasteiger partial charge in [-0.3, -0.25) is 10.1 Å². The van der Waals surface area contributed by atoms with Crippen LogP contribution in [0.25, 0.3) is 0 Å². The predicted molar refractivity (Wildman–Crippen MR) is 81.8 cm³/mol. The van der Waals surface area contributed by atoms with Gasteiger partial charge in [0.1, 0.15) is 5.69 Å². The van der Waals surface area contributed by atoms with Gasteiger partial charge in [-0.05, 0) is 26.7 Å². The fourth-order valence-corrected chi connectivity index (χ4v) is 1.80. The van der Waals surface area contributed by atoms with Gasteiger partial charge in [-0.2, -0.15) is 4.98 Å². The Hall–Kier alpha value is -1.96. The molecule has 1 atom stereocenters. The standard InChI is InChI=1S/C13H23N5O3/c1-5-7-14-13-16-10(3)11(18(19)20)12(17-13)15-9(2)6-8-21-4/h9H,5-8H2,1-4H3,(H2,14,15,16,17). The van der Waals surface area contributed by atoms with E-state index in [2.05, 4.69) is 20.6 Å². The zero-order chi connectivity index (χ0) is 15.8. The number of nitrogens with zero attached hydrogens (tertiary/aromatic N) is 3. The smallest absolute Gasteiger partial charge is 0.332 e. The monoisotopic (exact) mass is 297 g/mol. The Bertz CT molecular complexity index is 481. The Kier molecular flexibility index (Phi) is 6.80. The summed E-state index contributed by atoms with van der Waals surface area (Å²) in [6.07, 6.45) is 1.65. The highest BCUT2D eigenvalue weighted by Crippen LogP contribution is 2.27. The van der Waals surface area contributed by atoms with Gasteiger partial charge in [0.15, 0.2) is 0 Å². The van der Waals surface area contributed by atoms with E-state index >= 15 is 0 Å². The molecule has 1 aromatic heterocycles. The summed E-state index contributed by atoms with van der Waals surface area (Å²) in [5.41, 5.74) is 0.261. The second-order valence-electron chi connectivity index (χ2n) is 4.84. The summed E-state index contributed by atoms with van der Waals surface area (Å²) in [7, 11) is 1.62. The normalized spacial score (nSPS) is 12.0. The predicted octanol–water partition coefficient (Wildman–Crippen LogP) is 2.35. The van der Waals surface area contributed by atoms with Crippen molar-refractivity contribution in [3.05, 3.63) is 15.8 Å². The van der Waals surface area contributed by atoms with Gasteiger partial charge >= 0.3 is 5.69 Å². The Labute approximate surface area is 124 Å². The van der Waals surface area contributed by atoms with Crippen molar-refractivity contribution >= 4 is 17.5 Å². The van der Waals surface area contributed by atoms with E-state index in [1.54, 1.807) is 14.0 Å². The zero-order valence-electron chi connectivity index (χ0n) is 13.0. The van der Waals surface area contributed by atoms with Crippen LogP contribution < -0.4 is 10.6 Å². The van der Waals surface area contributed by atoms with Crippen molar-refractivity contribution in [1.29, 1.82) is 0 Å². The van der Waals surface area contributed by atoms with Crippen LogP contribution >= 0.6 is 0 Å². The van der Waals surface area contributed by atoms with Gasteiger partial charge in [-0.15, -0.1) is 0 Å². The first-order valence-corrected chi connectivity index (χ1v) is 7.02. The van der Waals surface area contributed by atoms with E-state index in [0.717, 1.165) is 19.4 Å². The van der Waals surface area contributed by atoms with Crippen LogP contribution in [0, 0.1) is 17.0 Å². The van der Waals surface area contributed by atoms with E-state index in [9.17, 15) is 10.1 Å². The summed E-state index contributed by atoms with van der Waals surface area (Å²) >= 11 is 0. The van der Waals surface area contributed by atoms with Crippen LogP contribution in [0.4, 0.5) is 17.5 Å². The third-order valence-electron chi connectivity index (χ3n) is 2.91. The van der Waals surface area contributed by atoms with Crippen molar-refractivity contribution in [3.63, 3.8) is 0 Å². The molecule has 0 aliphatic carbocycles. The van der Waals surface area contributed by atoms with Crippen LogP contribution in [-0.4, -0.2) is 41.2 Å². The molecule has 1 rings (SSSR count). The van der Waals surface area contributed by atoms with Crippen molar-refractivity contribution < 1.29 is 9.66 Å². The third-order valence-corrected chi connectivity index (χ3v) is 2.91. The number of nitro groups is 1. The van der Waals surface area contributed by atoms with Gasteiger partial charge < -0.3 is 15.4 Å². The number of aryl methyl sites for hydroxylation is 1. The molecule has 0 spiro atoms. The Balaban J connectivity index is 3.00. The average Bonchev–Trinajstić information content (AvgIpc) is 2.42. The van der Waals surface area contributed by atoms with E-state index < -0.39 is 4.92 Å². The van der Waals surface area contributed by atoms with Crippen LogP contribution in [0.2, 0.25) is 0 Å². The van der Waals surface area contributed by atoms with Crippen LogP contribution in [0.5, 0.6) is 0 Å². The number of methoxy groups -OCH3 is 1. The number of hydrogen-bond acceptors (Lipinski definition) is 7. The number of nitrogens with one attached hydrogen (secondary N) is 2. The van der Waals surface area contributed by atoms with Crippen molar-refractivity contribution in [3.8, 4) is 0 Å². The van der Waals surface area contributed by atoms with Crippen molar-refractivity contribution in [2.45, 2.75) is 39.7 Å². The summed E-state index contributed by atoms with van der Waals surface area (Å²) in [5.74, 6) is 0.649. The van der Waals surface area contributed by atoms with Crippen LogP contribution in [0.15, 0.2) is 0 Å². The third kappa shape index (κ3) is 5.14. The van der Waals surface area contributed by atoms with Gasteiger partial charge in [0.2, 0.25) is 11.8 Å². The number of ether oxygens (including phenoxy) is 1. The van der Waals surface area contributed by atoms with E-state index in [1.807, 2.05) is 13.8 Å². The summed E-state index contributed by atoms with van der Waals surface area (Å²) < 4.78 is 5.01. The minimum atomic E-state index is -0.454. The summed E-state index contributed by atoms with van der Waals surface area (Å²) in [4.78, 5) is 19.1. The molecular weight excluding hydrogens is 274 g/mol. The topological polar surface area (TPSA) is 102 Å². The zero-order valence-corrected chi connectivity index (χ0v) is 13.0. The molecule has 0 aliphatic heterocycles. The minimum Gasteiger partial charge on any atom is -0.385 e. The summed E-state index contributed by atoms with van der Waals surface area (Å²) in [6.45, 7) is 6.86. The van der Waals surface area contributed by atoms with Crippen LogP contribution in [-0.2, 0) is 4.74 Å². The van der Waals surface area contributed by atoms with E-state index in [0.29, 0.717) is 18.2 Å². The minimum absolute atomic E-state index is 0.0111. The molecule has 1 unspecified atom stereocenters. The highest BCUT2D eigenvalue weighted by molar-refractivity contribution is 5.61. The van der Waals surface area contributed by atoms with Crippen molar-refractivity contribution in [1.82, 2.24) is 9.97 Å². The lowest BCUT2D eigenvalue weighted by atomic mass is 10.2. The average molecular weight is 297 g/mol. The van der Waals surface area contributed by atoms with E-state index in [4.69, 9.17) is 4.74 Å². The Morgan fingerprint density at radius 1 is 1.43 bits per heavy atom. The summed E-state index contributed by atoms with van der Waals surface area (Å²) in [6, 6.07) is 0.0111. The maximum Gasteiger partial charge on any atom is 0.332 e. The molecule has 0 fully saturated rings. The molecule has 0 saturated heterocycles. The first-order valence-electron chi connectivity index (χ1n) is 7.02. The lowest BCUT2D eigenvalue weighted by Crippen LogP contribution is -2.20. The molecular formula is C13H23N5O3. The highest BCUT2D eigenvalue weighted by atomic mass is 16.6. The molecule has 1 heterocycles. The molecule has 1 aromatic rings. The molecule has 118 valence electrons. The van der Waals surface area contributed by atoms with Gasteiger partial charge in [-0.25, -0.2) is 4.98 Å². The molecule has 0 bridgehead atoms. The molecule has 8 nitrogen and oxygen atoms in total. The largest absolute Gasteiger partial charge is 0.385 e. The van der Waals surface area contributed by atoms with Gasteiger partial charge in [0.25, 0.3) is 0 Å². The quantitative estimate of drug-likeness (QED) is 0.532. The number of hydrogen-bond donors (Lipinski definition) is 2. The number of anilines is 2. The maximum atomic E-state index is 11.2.